The molecule has 9 nitrogen and oxygen atoms in total. The molecule has 1 heterocycles. The third-order valence-corrected chi connectivity index (χ3v) is 4.16. The predicted octanol–water partition coefficient (Wildman–Crippen LogP) is 3.38. The van der Waals surface area contributed by atoms with Gasteiger partial charge in [-0.05, 0) is 36.8 Å². The van der Waals surface area contributed by atoms with Crippen molar-refractivity contribution in [2.45, 2.75) is 13.8 Å². The van der Waals surface area contributed by atoms with E-state index in [0.29, 0.717) is 25.0 Å². The van der Waals surface area contributed by atoms with E-state index in [1.54, 1.807) is 7.11 Å². The summed E-state index contributed by atoms with van der Waals surface area (Å²) >= 11 is 0. The maximum absolute atomic E-state index is 11.3. The van der Waals surface area contributed by atoms with Crippen LogP contribution in [0.5, 0.6) is 11.5 Å². The van der Waals surface area contributed by atoms with Gasteiger partial charge in [0.15, 0.2) is 0 Å². The fourth-order valence-corrected chi connectivity index (χ4v) is 2.68. The highest BCUT2D eigenvalue weighted by Crippen LogP contribution is 2.25. The van der Waals surface area contributed by atoms with Gasteiger partial charge in [-0.15, -0.1) is 0 Å². The molecule has 0 unspecified atom stereocenters. The van der Waals surface area contributed by atoms with Crippen LogP contribution < -0.4 is 25.4 Å². The molecule has 1 amide bonds. The van der Waals surface area contributed by atoms with Crippen LogP contribution >= 0.6 is 0 Å². The van der Waals surface area contributed by atoms with E-state index in [0.717, 1.165) is 28.4 Å². The number of carbonyl (C=O) groups excluding carboxylic acids is 1. The zero-order chi connectivity index (χ0) is 21.3. The molecule has 3 aromatic rings. The summed E-state index contributed by atoms with van der Waals surface area (Å²) < 4.78 is 10.9. The number of nitrogens with one attached hydrogen (secondary N) is 3. The van der Waals surface area contributed by atoms with Crippen LogP contribution in [0.2, 0.25) is 0 Å². The van der Waals surface area contributed by atoms with E-state index in [-0.39, 0.29) is 5.91 Å². The molecule has 0 saturated heterocycles. The van der Waals surface area contributed by atoms with E-state index in [2.05, 4.69) is 30.9 Å². The van der Waals surface area contributed by atoms with Gasteiger partial charge in [-0.3, -0.25) is 4.79 Å². The number of ether oxygens (including phenoxy) is 2. The SMILES string of the molecule is COc1cccc(OCCNc2ncnc(Nc3cccc(NC(C)=O)c3C)n2)c1. The predicted molar refractivity (Wildman–Crippen MR) is 116 cm³/mol. The number of amides is 1. The van der Waals surface area contributed by atoms with Crippen molar-refractivity contribution >= 4 is 29.2 Å². The van der Waals surface area contributed by atoms with Crippen LogP contribution in [0.1, 0.15) is 12.5 Å². The minimum atomic E-state index is -0.127. The van der Waals surface area contributed by atoms with Crippen molar-refractivity contribution in [2.75, 3.05) is 36.2 Å². The highest BCUT2D eigenvalue weighted by atomic mass is 16.5. The van der Waals surface area contributed by atoms with E-state index < -0.39 is 0 Å². The Balaban J connectivity index is 1.56. The van der Waals surface area contributed by atoms with Crippen molar-refractivity contribution < 1.29 is 14.3 Å². The number of anilines is 4. The molecular weight excluding hydrogens is 384 g/mol. The minimum absolute atomic E-state index is 0.127. The zero-order valence-electron chi connectivity index (χ0n) is 17.1. The standard InChI is InChI=1S/C21H24N6O3/c1-14-18(25-15(2)28)8-5-9-19(14)26-21-24-13-23-20(27-21)22-10-11-30-17-7-4-6-16(12-17)29-3/h4-9,12-13H,10-11H2,1-3H3,(H,25,28)(H2,22,23,24,26,27). The van der Waals surface area contributed by atoms with Crippen LogP contribution in [0.3, 0.4) is 0 Å². The van der Waals surface area contributed by atoms with Gasteiger partial charge < -0.3 is 25.4 Å². The average molecular weight is 408 g/mol. The lowest BCUT2D eigenvalue weighted by molar-refractivity contribution is -0.114. The molecule has 9 heteroatoms. The molecule has 0 radical (unpaired) electrons. The maximum Gasteiger partial charge on any atom is 0.232 e. The monoisotopic (exact) mass is 408 g/mol. The van der Waals surface area contributed by atoms with Crippen molar-refractivity contribution in [1.29, 1.82) is 0 Å². The molecule has 0 aliphatic heterocycles. The zero-order valence-corrected chi connectivity index (χ0v) is 17.1. The smallest absolute Gasteiger partial charge is 0.232 e. The third kappa shape index (κ3) is 5.81. The number of hydrogen-bond acceptors (Lipinski definition) is 8. The molecule has 1 aromatic heterocycles. The van der Waals surface area contributed by atoms with Crippen molar-refractivity contribution in [3.63, 3.8) is 0 Å². The average Bonchev–Trinajstić information content (AvgIpc) is 2.74. The van der Waals surface area contributed by atoms with Gasteiger partial charge in [-0.2, -0.15) is 4.98 Å². The van der Waals surface area contributed by atoms with E-state index in [4.69, 9.17) is 9.47 Å². The van der Waals surface area contributed by atoms with Crippen molar-refractivity contribution in [2.24, 2.45) is 0 Å². The molecule has 3 rings (SSSR count). The number of methoxy groups -OCH3 is 1. The van der Waals surface area contributed by atoms with Crippen molar-refractivity contribution in [3.05, 3.63) is 54.4 Å². The third-order valence-electron chi connectivity index (χ3n) is 4.16. The van der Waals surface area contributed by atoms with Gasteiger partial charge in [0.2, 0.25) is 17.8 Å². The van der Waals surface area contributed by atoms with Crippen LogP contribution in [0.4, 0.5) is 23.3 Å². The van der Waals surface area contributed by atoms with Crippen molar-refractivity contribution in [1.82, 2.24) is 15.0 Å². The van der Waals surface area contributed by atoms with Crippen LogP contribution in [-0.4, -0.2) is 41.1 Å². The molecule has 0 aliphatic carbocycles. The largest absolute Gasteiger partial charge is 0.497 e. The Morgan fingerprint density at radius 3 is 2.57 bits per heavy atom. The Bertz CT molecular complexity index is 1010. The summed E-state index contributed by atoms with van der Waals surface area (Å²) in [5.41, 5.74) is 2.41. The molecule has 156 valence electrons. The molecule has 2 aromatic carbocycles. The molecular formula is C21H24N6O3. The van der Waals surface area contributed by atoms with Gasteiger partial charge in [-0.1, -0.05) is 12.1 Å². The molecule has 0 atom stereocenters. The Morgan fingerprint density at radius 2 is 1.77 bits per heavy atom. The summed E-state index contributed by atoms with van der Waals surface area (Å²) in [6.07, 6.45) is 1.42. The second kappa shape index (κ2) is 10.1. The molecule has 0 aliphatic rings. The molecule has 3 N–H and O–H groups in total. The van der Waals surface area contributed by atoms with Crippen molar-refractivity contribution in [3.8, 4) is 11.5 Å². The molecule has 0 saturated carbocycles. The van der Waals surface area contributed by atoms with Crippen LogP contribution in [0.25, 0.3) is 0 Å². The number of aromatic nitrogens is 3. The second-order valence-corrected chi connectivity index (χ2v) is 6.37. The summed E-state index contributed by atoms with van der Waals surface area (Å²) in [6, 6.07) is 13.0. The summed E-state index contributed by atoms with van der Waals surface area (Å²) in [7, 11) is 1.62. The first-order valence-corrected chi connectivity index (χ1v) is 9.39. The number of rotatable bonds is 9. The first-order valence-electron chi connectivity index (χ1n) is 9.39. The van der Waals surface area contributed by atoms with E-state index >= 15 is 0 Å². The second-order valence-electron chi connectivity index (χ2n) is 6.37. The topological polar surface area (TPSA) is 110 Å². The van der Waals surface area contributed by atoms with Crippen LogP contribution in [0.15, 0.2) is 48.8 Å². The molecule has 0 spiro atoms. The molecule has 30 heavy (non-hydrogen) atoms. The summed E-state index contributed by atoms with van der Waals surface area (Å²) in [4.78, 5) is 24.0. The first kappa shape index (κ1) is 20.8. The van der Waals surface area contributed by atoms with Gasteiger partial charge in [0.05, 0.1) is 13.7 Å². The molecule has 0 bridgehead atoms. The van der Waals surface area contributed by atoms with Crippen LogP contribution in [0, 0.1) is 6.92 Å². The first-order chi connectivity index (χ1) is 14.5. The summed E-state index contributed by atoms with van der Waals surface area (Å²) in [5.74, 6) is 2.16. The van der Waals surface area contributed by atoms with Crippen LogP contribution in [-0.2, 0) is 4.79 Å². The molecule has 0 fully saturated rings. The Kier molecular flexibility index (Phi) is 6.99. The number of carbonyl (C=O) groups is 1. The normalized spacial score (nSPS) is 10.2. The summed E-state index contributed by atoms with van der Waals surface area (Å²) in [5, 5.41) is 9.06. The fraction of sp³-hybridized carbons (Fsp3) is 0.238. The summed E-state index contributed by atoms with van der Waals surface area (Å²) in [6.45, 7) is 4.32. The van der Waals surface area contributed by atoms with Gasteiger partial charge in [0.25, 0.3) is 0 Å². The minimum Gasteiger partial charge on any atom is -0.497 e. The lowest BCUT2D eigenvalue weighted by Crippen LogP contribution is -2.14. The Morgan fingerprint density at radius 1 is 1.03 bits per heavy atom. The number of hydrogen-bond donors (Lipinski definition) is 3. The Labute approximate surface area is 174 Å². The number of benzene rings is 2. The van der Waals surface area contributed by atoms with Gasteiger partial charge >= 0.3 is 0 Å². The number of nitrogens with zero attached hydrogens (tertiary/aromatic N) is 3. The fourth-order valence-electron chi connectivity index (χ4n) is 2.68. The van der Waals surface area contributed by atoms with Gasteiger partial charge in [0.1, 0.15) is 24.4 Å². The van der Waals surface area contributed by atoms with E-state index in [1.165, 1.54) is 13.3 Å². The van der Waals surface area contributed by atoms with Gasteiger partial charge in [-0.25, -0.2) is 9.97 Å². The lowest BCUT2D eigenvalue weighted by Gasteiger charge is -2.13. The highest BCUT2D eigenvalue weighted by molar-refractivity contribution is 5.90. The highest BCUT2D eigenvalue weighted by Gasteiger charge is 2.08. The Hall–Kier alpha value is -3.88. The quantitative estimate of drug-likeness (QED) is 0.462. The maximum atomic E-state index is 11.3. The lowest BCUT2D eigenvalue weighted by atomic mass is 10.1. The van der Waals surface area contributed by atoms with E-state index in [9.17, 15) is 4.79 Å². The van der Waals surface area contributed by atoms with Gasteiger partial charge in [0, 0.05) is 24.4 Å². The van der Waals surface area contributed by atoms with E-state index in [1.807, 2.05) is 49.4 Å².